The van der Waals surface area contributed by atoms with E-state index in [0.717, 1.165) is 12.0 Å². The predicted molar refractivity (Wildman–Crippen MR) is 62.7 cm³/mol. The summed E-state index contributed by atoms with van der Waals surface area (Å²) in [6.45, 7) is 6.60. The van der Waals surface area contributed by atoms with Crippen LogP contribution in [-0.2, 0) is 11.3 Å². The van der Waals surface area contributed by atoms with Gasteiger partial charge in [-0.25, -0.2) is 4.98 Å². The van der Waals surface area contributed by atoms with Crippen molar-refractivity contribution < 1.29 is 9.47 Å². The molecule has 0 aliphatic heterocycles. The highest BCUT2D eigenvalue weighted by Crippen LogP contribution is 2.14. The number of halogens is 1. The van der Waals surface area contributed by atoms with E-state index in [1.54, 1.807) is 13.2 Å². The summed E-state index contributed by atoms with van der Waals surface area (Å²) >= 11 is 5.82. The minimum Gasteiger partial charge on any atom is -0.477 e. The second-order valence-electron chi connectivity index (χ2n) is 3.43. The maximum absolute atomic E-state index is 5.82. The largest absolute Gasteiger partial charge is 0.477 e. The van der Waals surface area contributed by atoms with E-state index in [4.69, 9.17) is 21.1 Å². The minimum absolute atomic E-state index is 0.317. The highest BCUT2D eigenvalue weighted by atomic mass is 35.5. The third-order valence-electron chi connectivity index (χ3n) is 1.77. The molecule has 0 saturated heterocycles. The monoisotopic (exact) mass is 242 g/mol. The summed E-state index contributed by atoms with van der Waals surface area (Å²) in [4.78, 5) is 8.15. The second-order valence-corrected chi connectivity index (χ2v) is 3.82. The van der Waals surface area contributed by atoms with Gasteiger partial charge in [0.25, 0.3) is 0 Å². The van der Waals surface area contributed by atoms with Gasteiger partial charge in [0.1, 0.15) is 11.8 Å². The van der Waals surface area contributed by atoms with Gasteiger partial charge >= 0.3 is 0 Å². The first-order chi connectivity index (χ1) is 7.61. The molecule has 1 aromatic rings. The number of methoxy groups -OCH3 is 1. The van der Waals surface area contributed by atoms with E-state index in [-0.39, 0.29) is 0 Å². The first-order valence-electron chi connectivity index (χ1n) is 4.91. The highest BCUT2D eigenvalue weighted by molar-refractivity contribution is 6.29. The van der Waals surface area contributed by atoms with Crippen molar-refractivity contribution in [2.24, 2.45) is 0 Å². The van der Waals surface area contributed by atoms with Crippen LogP contribution in [0.3, 0.4) is 0 Å². The van der Waals surface area contributed by atoms with Crippen LogP contribution in [0.4, 0.5) is 0 Å². The summed E-state index contributed by atoms with van der Waals surface area (Å²) in [5.41, 5.74) is 1.07. The van der Waals surface area contributed by atoms with Crippen LogP contribution in [0.25, 0.3) is 0 Å². The average Bonchev–Trinajstić information content (AvgIpc) is 2.16. The molecular formula is C11H15ClN2O2. The zero-order chi connectivity index (χ0) is 12.0. The normalized spacial score (nSPS) is 10.2. The van der Waals surface area contributed by atoms with Crippen molar-refractivity contribution in [1.29, 1.82) is 0 Å². The molecule has 4 nitrogen and oxygen atoms in total. The van der Waals surface area contributed by atoms with Crippen LogP contribution < -0.4 is 4.74 Å². The number of hydrogen-bond donors (Lipinski definition) is 0. The van der Waals surface area contributed by atoms with Gasteiger partial charge in [0, 0.05) is 19.6 Å². The van der Waals surface area contributed by atoms with Crippen LogP contribution in [0.15, 0.2) is 18.2 Å². The maximum Gasteiger partial charge on any atom is 0.218 e. The highest BCUT2D eigenvalue weighted by Gasteiger charge is 2.04. The Morgan fingerprint density at radius 3 is 2.88 bits per heavy atom. The van der Waals surface area contributed by atoms with Crippen molar-refractivity contribution in [3.05, 3.63) is 29.2 Å². The standard InChI is InChI=1S/C11H15ClN2O2/c1-8(2)4-5-16-11-6-9(12)13-10(14-11)7-15-3/h6H,1,4-5,7H2,2-3H3. The van der Waals surface area contributed by atoms with Gasteiger partial charge in [0.15, 0.2) is 5.82 Å². The quantitative estimate of drug-likeness (QED) is 0.568. The topological polar surface area (TPSA) is 44.2 Å². The van der Waals surface area contributed by atoms with Crippen LogP contribution in [0.2, 0.25) is 5.15 Å². The van der Waals surface area contributed by atoms with Crippen molar-refractivity contribution >= 4 is 11.6 Å². The molecule has 0 atom stereocenters. The lowest BCUT2D eigenvalue weighted by Crippen LogP contribution is -2.03. The fourth-order valence-corrected chi connectivity index (χ4v) is 1.23. The Labute approximate surface area is 100 Å². The summed E-state index contributed by atoms with van der Waals surface area (Å²) in [6, 6.07) is 1.58. The molecular weight excluding hydrogens is 228 g/mol. The lowest BCUT2D eigenvalue weighted by Gasteiger charge is -2.06. The van der Waals surface area contributed by atoms with Crippen LogP contribution in [0, 0.1) is 0 Å². The van der Waals surface area contributed by atoms with E-state index >= 15 is 0 Å². The Kier molecular flexibility index (Phi) is 5.22. The lowest BCUT2D eigenvalue weighted by molar-refractivity contribution is 0.176. The number of ether oxygens (including phenoxy) is 2. The van der Waals surface area contributed by atoms with Crippen molar-refractivity contribution in [1.82, 2.24) is 9.97 Å². The lowest BCUT2D eigenvalue weighted by atomic mass is 10.3. The number of aromatic nitrogens is 2. The predicted octanol–water partition coefficient (Wildman–Crippen LogP) is 2.62. The minimum atomic E-state index is 0.317. The molecule has 1 aromatic heterocycles. The Morgan fingerprint density at radius 2 is 2.25 bits per heavy atom. The third kappa shape index (κ3) is 4.59. The van der Waals surface area contributed by atoms with E-state index in [0.29, 0.717) is 30.1 Å². The van der Waals surface area contributed by atoms with Gasteiger partial charge in [-0.3, -0.25) is 0 Å². The molecule has 0 saturated carbocycles. The molecule has 1 rings (SSSR count). The van der Waals surface area contributed by atoms with Gasteiger partial charge in [-0.15, -0.1) is 6.58 Å². The number of nitrogens with zero attached hydrogens (tertiary/aromatic N) is 2. The van der Waals surface area contributed by atoms with E-state index < -0.39 is 0 Å². The van der Waals surface area contributed by atoms with Crippen LogP contribution in [0.5, 0.6) is 5.88 Å². The molecule has 0 unspecified atom stereocenters. The molecule has 88 valence electrons. The number of hydrogen-bond acceptors (Lipinski definition) is 4. The average molecular weight is 243 g/mol. The summed E-state index contributed by atoms with van der Waals surface area (Å²) in [5, 5.41) is 0.354. The SMILES string of the molecule is C=C(C)CCOc1cc(Cl)nc(COC)n1. The Morgan fingerprint density at radius 1 is 1.50 bits per heavy atom. The van der Waals surface area contributed by atoms with Gasteiger partial charge in [-0.05, 0) is 6.92 Å². The van der Waals surface area contributed by atoms with Crippen LogP contribution >= 0.6 is 11.6 Å². The molecule has 0 spiro atoms. The van der Waals surface area contributed by atoms with E-state index in [2.05, 4.69) is 16.5 Å². The summed E-state index contributed by atoms with van der Waals surface area (Å²) in [7, 11) is 1.58. The molecule has 0 amide bonds. The van der Waals surface area contributed by atoms with Gasteiger partial charge in [0.2, 0.25) is 5.88 Å². The molecule has 0 aliphatic carbocycles. The molecule has 0 radical (unpaired) electrons. The van der Waals surface area contributed by atoms with E-state index in [1.165, 1.54) is 0 Å². The molecule has 0 bridgehead atoms. The second kappa shape index (κ2) is 6.45. The zero-order valence-corrected chi connectivity index (χ0v) is 10.3. The van der Waals surface area contributed by atoms with Crippen LogP contribution in [-0.4, -0.2) is 23.7 Å². The molecule has 0 fully saturated rings. The fraction of sp³-hybridized carbons (Fsp3) is 0.455. The Bertz CT molecular complexity index is 369. The third-order valence-corrected chi connectivity index (χ3v) is 1.96. The Balaban J connectivity index is 2.61. The van der Waals surface area contributed by atoms with Crippen molar-refractivity contribution in [2.75, 3.05) is 13.7 Å². The first-order valence-corrected chi connectivity index (χ1v) is 5.29. The van der Waals surface area contributed by atoms with Crippen LogP contribution in [0.1, 0.15) is 19.2 Å². The Hall–Kier alpha value is -1.13. The molecule has 0 N–H and O–H groups in total. The smallest absolute Gasteiger partial charge is 0.218 e. The zero-order valence-electron chi connectivity index (χ0n) is 9.49. The van der Waals surface area contributed by atoms with Crippen molar-refractivity contribution in [2.45, 2.75) is 20.0 Å². The summed E-state index contributed by atoms with van der Waals surface area (Å²) in [5.74, 6) is 0.980. The number of rotatable bonds is 6. The molecule has 5 heteroatoms. The van der Waals surface area contributed by atoms with E-state index in [1.807, 2.05) is 6.92 Å². The van der Waals surface area contributed by atoms with E-state index in [9.17, 15) is 0 Å². The summed E-state index contributed by atoms with van der Waals surface area (Å²) < 4.78 is 10.4. The van der Waals surface area contributed by atoms with Gasteiger partial charge in [-0.2, -0.15) is 4.98 Å². The van der Waals surface area contributed by atoms with Gasteiger partial charge in [0.05, 0.1) is 6.61 Å². The van der Waals surface area contributed by atoms with Gasteiger partial charge < -0.3 is 9.47 Å². The molecule has 16 heavy (non-hydrogen) atoms. The molecule has 1 heterocycles. The molecule has 0 aromatic carbocycles. The first kappa shape index (κ1) is 12.9. The summed E-state index contributed by atoms with van der Waals surface area (Å²) in [6.07, 6.45) is 0.793. The van der Waals surface area contributed by atoms with Crippen molar-refractivity contribution in [3.63, 3.8) is 0 Å². The van der Waals surface area contributed by atoms with Crippen molar-refractivity contribution in [3.8, 4) is 5.88 Å². The maximum atomic E-state index is 5.82. The van der Waals surface area contributed by atoms with Gasteiger partial charge in [-0.1, -0.05) is 17.2 Å². The fourth-order valence-electron chi connectivity index (χ4n) is 1.04. The molecule has 0 aliphatic rings.